The second-order valence-electron chi connectivity index (χ2n) is 11.3. The number of carboxylic acid groups (broad SMARTS) is 1. The van der Waals surface area contributed by atoms with Crippen molar-refractivity contribution in [1.29, 1.82) is 0 Å². The normalized spacial score (nSPS) is 28.9. The van der Waals surface area contributed by atoms with Gasteiger partial charge in [-0.1, -0.05) is 6.42 Å². The van der Waals surface area contributed by atoms with Gasteiger partial charge in [0.15, 0.2) is 0 Å². The summed E-state index contributed by atoms with van der Waals surface area (Å²) < 4.78 is 12.1. The molecule has 1 saturated carbocycles. The Morgan fingerprint density at radius 3 is 2.12 bits per heavy atom. The lowest BCUT2D eigenvalue weighted by molar-refractivity contribution is -0.135. The summed E-state index contributed by atoms with van der Waals surface area (Å²) in [7, 11) is -0.340. The highest BCUT2D eigenvalue weighted by atomic mass is 16.7. The molecule has 4 N–H and O–H groups in total. The predicted molar refractivity (Wildman–Crippen MR) is 122 cm³/mol. The third kappa shape index (κ3) is 6.16. The molecular formula is C22H40BN3O6. The molecule has 0 aromatic carbocycles. The molecule has 1 unspecified atom stereocenters. The first-order valence-corrected chi connectivity index (χ1v) is 11.4. The van der Waals surface area contributed by atoms with Crippen LogP contribution in [0.3, 0.4) is 0 Å². The minimum atomic E-state index is -1.18. The van der Waals surface area contributed by atoms with Crippen molar-refractivity contribution < 1.29 is 28.8 Å². The van der Waals surface area contributed by atoms with Crippen LogP contribution in [0.1, 0.15) is 81.1 Å². The highest BCUT2D eigenvalue weighted by molar-refractivity contribution is 6.45. The zero-order valence-corrected chi connectivity index (χ0v) is 20.8. The zero-order chi connectivity index (χ0) is 24.5. The SMILES string of the molecule is CC(=O)N[C@@]1(C(=O)NC(C)(C)C)CC(NC(=O)O)C[C@@H]1CCCB1OC(C)(C)C(C)(C)O1. The van der Waals surface area contributed by atoms with Gasteiger partial charge in [0, 0.05) is 24.9 Å². The number of hydrogen-bond donors (Lipinski definition) is 4. The molecule has 2 rings (SSSR count). The molecule has 9 nitrogen and oxygen atoms in total. The zero-order valence-electron chi connectivity index (χ0n) is 20.8. The van der Waals surface area contributed by atoms with Crippen molar-refractivity contribution >= 4 is 25.0 Å². The molecular weight excluding hydrogens is 413 g/mol. The van der Waals surface area contributed by atoms with E-state index in [0.717, 1.165) is 0 Å². The van der Waals surface area contributed by atoms with Gasteiger partial charge in [-0.15, -0.1) is 0 Å². The van der Waals surface area contributed by atoms with Crippen LogP contribution in [-0.4, -0.2) is 58.5 Å². The van der Waals surface area contributed by atoms with E-state index in [4.69, 9.17) is 9.31 Å². The number of carbonyl (C=O) groups excluding carboxylic acids is 2. The van der Waals surface area contributed by atoms with Gasteiger partial charge in [0.25, 0.3) is 0 Å². The summed E-state index contributed by atoms with van der Waals surface area (Å²) in [6.45, 7) is 15.0. The lowest BCUT2D eigenvalue weighted by Crippen LogP contribution is -2.63. The van der Waals surface area contributed by atoms with Gasteiger partial charge >= 0.3 is 13.2 Å². The molecule has 32 heavy (non-hydrogen) atoms. The second-order valence-corrected chi connectivity index (χ2v) is 11.3. The fraction of sp³-hybridized carbons (Fsp3) is 0.864. The summed E-state index contributed by atoms with van der Waals surface area (Å²) in [5.74, 6) is -0.829. The first-order valence-electron chi connectivity index (χ1n) is 11.4. The van der Waals surface area contributed by atoms with E-state index in [-0.39, 0.29) is 31.3 Å². The first kappa shape index (κ1) is 26.4. The van der Waals surface area contributed by atoms with Crippen LogP contribution in [0.15, 0.2) is 0 Å². The van der Waals surface area contributed by atoms with E-state index >= 15 is 0 Å². The predicted octanol–water partition coefficient (Wildman–Crippen LogP) is 2.69. The second kappa shape index (κ2) is 9.21. The van der Waals surface area contributed by atoms with Gasteiger partial charge in [0.05, 0.1) is 11.2 Å². The van der Waals surface area contributed by atoms with Crippen LogP contribution in [0.5, 0.6) is 0 Å². The average molecular weight is 453 g/mol. The molecule has 0 bridgehead atoms. The minimum absolute atomic E-state index is 0.210. The molecule has 1 heterocycles. The van der Waals surface area contributed by atoms with E-state index in [0.29, 0.717) is 25.6 Å². The Morgan fingerprint density at radius 2 is 1.66 bits per heavy atom. The number of hydrogen-bond acceptors (Lipinski definition) is 5. The molecule has 0 aromatic heterocycles. The maximum atomic E-state index is 13.4. The maximum Gasteiger partial charge on any atom is 0.457 e. The highest BCUT2D eigenvalue weighted by Gasteiger charge is 2.54. The summed E-state index contributed by atoms with van der Waals surface area (Å²) >= 11 is 0. The number of nitrogens with one attached hydrogen (secondary N) is 3. The van der Waals surface area contributed by atoms with Crippen molar-refractivity contribution in [2.75, 3.05) is 0 Å². The lowest BCUT2D eigenvalue weighted by atomic mass is 9.77. The van der Waals surface area contributed by atoms with Gasteiger partial charge < -0.3 is 30.4 Å². The minimum Gasteiger partial charge on any atom is -0.465 e. The van der Waals surface area contributed by atoms with Gasteiger partial charge in [-0.25, -0.2) is 4.79 Å². The Balaban J connectivity index is 2.18. The van der Waals surface area contributed by atoms with Crippen LogP contribution in [0.25, 0.3) is 0 Å². The fourth-order valence-electron chi connectivity index (χ4n) is 4.70. The number of rotatable bonds is 7. The van der Waals surface area contributed by atoms with Crippen LogP contribution in [0.2, 0.25) is 6.32 Å². The van der Waals surface area contributed by atoms with Crippen LogP contribution >= 0.6 is 0 Å². The average Bonchev–Trinajstić information content (AvgIpc) is 2.99. The van der Waals surface area contributed by atoms with Crippen molar-refractivity contribution in [3.05, 3.63) is 0 Å². The Morgan fingerprint density at radius 1 is 1.09 bits per heavy atom. The summed E-state index contributed by atoms with van der Waals surface area (Å²) in [5, 5.41) is 17.6. The summed E-state index contributed by atoms with van der Waals surface area (Å²) in [6, 6.07) is -0.424. The molecule has 0 aromatic rings. The Hall–Kier alpha value is -1.81. The third-order valence-corrected chi connectivity index (χ3v) is 6.75. The number of amides is 3. The molecule has 2 aliphatic rings. The first-order chi connectivity index (χ1) is 14.5. The molecule has 3 atom stereocenters. The van der Waals surface area contributed by atoms with E-state index in [2.05, 4.69) is 16.0 Å². The van der Waals surface area contributed by atoms with Crippen molar-refractivity contribution in [3.8, 4) is 0 Å². The molecule has 3 amide bonds. The van der Waals surface area contributed by atoms with E-state index in [1.165, 1.54) is 6.92 Å². The topological polar surface area (TPSA) is 126 Å². The molecule has 0 spiro atoms. The van der Waals surface area contributed by atoms with Crippen molar-refractivity contribution in [1.82, 2.24) is 16.0 Å². The lowest BCUT2D eigenvalue weighted by Gasteiger charge is -2.37. The van der Waals surface area contributed by atoms with Gasteiger partial charge in [-0.2, -0.15) is 0 Å². The van der Waals surface area contributed by atoms with Crippen LogP contribution in [0.4, 0.5) is 4.79 Å². The molecule has 2 fully saturated rings. The largest absolute Gasteiger partial charge is 0.465 e. The van der Waals surface area contributed by atoms with Crippen LogP contribution in [-0.2, 0) is 18.9 Å². The van der Waals surface area contributed by atoms with Crippen LogP contribution < -0.4 is 16.0 Å². The molecule has 10 heteroatoms. The van der Waals surface area contributed by atoms with Gasteiger partial charge in [-0.3, -0.25) is 9.59 Å². The van der Waals surface area contributed by atoms with E-state index in [9.17, 15) is 19.5 Å². The quantitative estimate of drug-likeness (QED) is 0.439. The fourth-order valence-corrected chi connectivity index (χ4v) is 4.70. The van der Waals surface area contributed by atoms with Crippen LogP contribution in [0, 0.1) is 5.92 Å². The highest BCUT2D eigenvalue weighted by Crippen LogP contribution is 2.42. The van der Waals surface area contributed by atoms with Crippen molar-refractivity contribution in [3.63, 3.8) is 0 Å². The standard InChI is InChI=1S/C22H40BN3O6/c1-14(27)25-22(17(28)26-19(2,3)4)13-16(24-18(29)30)12-15(22)10-9-11-23-31-20(5,6)21(7,8)32-23/h15-16,24H,9-13H2,1-8H3,(H,25,27)(H,26,28)(H,29,30)/t15-,16?,22-/m0/s1. The van der Waals surface area contributed by atoms with Gasteiger partial charge in [-0.05, 0) is 73.5 Å². The number of carbonyl (C=O) groups is 3. The summed E-state index contributed by atoms with van der Waals surface area (Å²) in [6.07, 6.45) is 1.53. The monoisotopic (exact) mass is 453 g/mol. The summed E-state index contributed by atoms with van der Waals surface area (Å²) in [4.78, 5) is 36.8. The summed E-state index contributed by atoms with van der Waals surface area (Å²) in [5.41, 5.74) is -2.49. The smallest absolute Gasteiger partial charge is 0.457 e. The van der Waals surface area contributed by atoms with E-state index in [1.54, 1.807) is 0 Å². The van der Waals surface area contributed by atoms with E-state index < -0.39 is 34.4 Å². The molecule has 1 saturated heterocycles. The third-order valence-electron chi connectivity index (χ3n) is 6.75. The van der Waals surface area contributed by atoms with Crippen molar-refractivity contribution in [2.45, 2.75) is 116 Å². The van der Waals surface area contributed by atoms with Crippen molar-refractivity contribution in [2.24, 2.45) is 5.92 Å². The Kier molecular flexibility index (Phi) is 7.61. The molecule has 182 valence electrons. The molecule has 1 aliphatic heterocycles. The van der Waals surface area contributed by atoms with Gasteiger partial charge in [0.1, 0.15) is 5.54 Å². The molecule has 1 aliphatic carbocycles. The Labute approximate surface area is 191 Å². The Bertz CT molecular complexity index is 720. The van der Waals surface area contributed by atoms with Gasteiger partial charge in [0.2, 0.25) is 11.8 Å². The maximum absolute atomic E-state index is 13.4. The molecule has 0 radical (unpaired) electrons. The van der Waals surface area contributed by atoms with E-state index in [1.807, 2.05) is 48.5 Å².